The molecule has 0 aromatic rings. The lowest BCUT2D eigenvalue weighted by Gasteiger charge is -2.32. The maximum Gasteiger partial charge on any atom is 0.333 e. The third kappa shape index (κ3) is 5.91. The molecule has 3 heteroatoms. The van der Waals surface area contributed by atoms with E-state index in [4.69, 9.17) is 4.74 Å². The minimum Gasteiger partial charge on any atom is -0.462 e. The molecule has 0 rings (SSSR count). The molecular formula is C13H26NO2+. The SMILES string of the molecule is C=C(C)C(=O)OCCCC[N+](C)(CC)CC. The van der Waals surface area contributed by atoms with E-state index < -0.39 is 0 Å². The third-order valence-electron chi connectivity index (χ3n) is 3.20. The second kappa shape index (κ2) is 7.44. The van der Waals surface area contributed by atoms with Crippen molar-refractivity contribution >= 4 is 5.97 Å². The van der Waals surface area contributed by atoms with Gasteiger partial charge in [-0.15, -0.1) is 0 Å². The number of carbonyl (C=O) groups is 1. The average molecular weight is 228 g/mol. The van der Waals surface area contributed by atoms with E-state index in [-0.39, 0.29) is 5.97 Å². The predicted octanol–water partition coefficient (Wildman–Crippen LogP) is 2.37. The Morgan fingerprint density at radius 1 is 1.25 bits per heavy atom. The smallest absolute Gasteiger partial charge is 0.333 e. The molecule has 0 aliphatic rings. The van der Waals surface area contributed by atoms with E-state index in [2.05, 4.69) is 27.5 Å². The van der Waals surface area contributed by atoms with Crippen molar-refractivity contribution in [3.63, 3.8) is 0 Å². The molecular weight excluding hydrogens is 202 g/mol. The molecule has 0 unspecified atom stereocenters. The van der Waals surface area contributed by atoms with Crippen LogP contribution in [0.4, 0.5) is 0 Å². The van der Waals surface area contributed by atoms with Gasteiger partial charge in [0.15, 0.2) is 0 Å². The van der Waals surface area contributed by atoms with Gasteiger partial charge in [0.05, 0.1) is 33.3 Å². The molecule has 0 aromatic carbocycles. The Morgan fingerprint density at radius 3 is 2.25 bits per heavy atom. The zero-order valence-electron chi connectivity index (χ0n) is 11.2. The van der Waals surface area contributed by atoms with Gasteiger partial charge in [0.25, 0.3) is 0 Å². The van der Waals surface area contributed by atoms with Crippen LogP contribution in [0.1, 0.15) is 33.6 Å². The summed E-state index contributed by atoms with van der Waals surface area (Å²) in [6, 6.07) is 0. The summed E-state index contributed by atoms with van der Waals surface area (Å²) in [7, 11) is 2.26. The Bertz CT molecular complexity index is 232. The highest BCUT2D eigenvalue weighted by molar-refractivity contribution is 5.86. The number of hydrogen-bond donors (Lipinski definition) is 0. The second-order valence-electron chi connectivity index (χ2n) is 4.60. The van der Waals surface area contributed by atoms with E-state index in [1.807, 2.05) is 0 Å². The van der Waals surface area contributed by atoms with Crippen LogP contribution in [0, 0.1) is 0 Å². The molecule has 16 heavy (non-hydrogen) atoms. The van der Waals surface area contributed by atoms with Gasteiger partial charge in [-0.1, -0.05) is 6.58 Å². The second-order valence-corrected chi connectivity index (χ2v) is 4.60. The summed E-state index contributed by atoms with van der Waals surface area (Å²) >= 11 is 0. The molecule has 94 valence electrons. The summed E-state index contributed by atoms with van der Waals surface area (Å²) in [4.78, 5) is 11.1. The quantitative estimate of drug-likeness (QED) is 0.276. The van der Waals surface area contributed by atoms with Gasteiger partial charge in [0, 0.05) is 5.57 Å². The van der Waals surface area contributed by atoms with Crippen molar-refractivity contribution in [2.24, 2.45) is 0 Å². The molecule has 0 N–H and O–H groups in total. The number of hydrogen-bond acceptors (Lipinski definition) is 2. The fraction of sp³-hybridized carbons (Fsp3) is 0.769. The molecule has 0 aliphatic carbocycles. The van der Waals surface area contributed by atoms with Crippen molar-refractivity contribution in [1.29, 1.82) is 0 Å². The van der Waals surface area contributed by atoms with Gasteiger partial charge in [-0.05, 0) is 33.6 Å². The van der Waals surface area contributed by atoms with Crippen LogP contribution >= 0.6 is 0 Å². The van der Waals surface area contributed by atoms with Crippen molar-refractivity contribution in [2.45, 2.75) is 33.6 Å². The molecule has 0 saturated heterocycles. The number of quaternary nitrogens is 1. The van der Waals surface area contributed by atoms with Gasteiger partial charge >= 0.3 is 5.97 Å². The fourth-order valence-corrected chi connectivity index (χ4v) is 1.42. The Labute approximate surface area is 99.7 Å². The number of unbranched alkanes of at least 4 members (excludes halogenated alkanes) is 1. The van der Waals surface area contributed by atoms with Crippen LogP contribution in [0.3, 0.4) is 0 Å². The first kappa shape index (κ1) is 15.2. The third-order valence-corrected chi connectivity index (χ3v) is 3.20. The summed E-state index contributed by atoms with van der Waals surface area (Å²) in [6.45, 7) is 13.6. The normalized spacial score (nSPS) is 11.2. The van der Waals surface area contributed by atoms with E-state index in [1.54, 1.807) is 6.92 Å². The molecule has 3 nitrogen and oxygen atoms in total. The number of nitrogens with zero attached hydrogens (tertiary/aromatic N) is 1. The summed E-state index contributed by atoms with van der Waals surface area (Å²) in [6.07, 6.45) is 2.04. The van der Waals surface area contributed by atoms with Gasteiger partial charge in [0.2, 0.25) is 0 Å². The van der Waals surface area contributed by atoms with Gasteiger partial charge < -0.3 is 9.22 Å². The van der Waals surface area contributed by atoms with Gasteiger partial charge in [-0.2, -0.15) is 0 Å². The lowest BCUT2D eigenvalue weighted by molar-refractivity contribution is -0.906. The number of ether oxygens (including phenoxy) is 1. The molecule has 0 amide bonds. The topological polar surface area (TPSA) is 26.3 Å². The van der Waals surface area contributed by atoms with Crippen molar-refractivity contribution in [3.8, 4) is 0 Å². The maximum absolute atomic E-state index is 11.1. The first-order valence-electron chi connectivity index (χ1n) is 6.11. The fourth-order valence-electron chi connectivity index (χ4n) is 1.42. The van der Waals surface area contributed by atoms with Gasteiger partial charge in [0.1, 0.15) is 0 Å². The first-order chi connectivity index (χ1) is 7.45. The molecule has 0 bridgehead atoms. The predicted molar refractivity (Wildman–Crippen MR) is 67.1 cm³/mol. The Kier molecular flexibility index (Phi) is 7.06. The Balaban J connectivity index is 3.61. The highest BCUT2D eigenvalue weighted by Gasteiger charge is 2.15. The zero-order valence-corrected chi connectivity index (χ0v) is 11.2. The highest BCUT2D eigenvalue weighted by atomic mass is 16.5. The number of carbonyl (C=O) groups excluding carboxylic acids is 1. The number of esters is 1. The van der Waals surface area contributed by atoms with Crippen LogP contribution in [0.5, 0.6) is 0 Å². The van der Waals surface area contributed by atoms with Crippen LogP contribution in [0.25, 0.3) is 0 Å². The lowest BCUT2D eigenvalue weighted by atomic mass is 10.2. The maximum atomic E-state index is 11.1. The van der Waals surface area contributed by atoms with Crippen LogP contribution in [-0.4, -0.2) is 43.7 Å². The molecule has 0 heterocycles. The molecule has 0 atom stereocenters. The zero-order chi connectivity index (χ0) is 12.6. The first-order valence-corrected chi connectivity index (χ1v) is 6.11. The van der Waals surface area contributed by atoms with Crippen molar-refractivity contribution in [1.82, 2.24) is 0 Å². The average Bonchev–Trinajstić information content (AvgIpc) is 2.27. The van der Waals surface area contributed by atoms with Gasteiger partial charge in [-0.25, -0.2) is 4.79 Å². The van der Waals surface area contributed by atoms with Crippen molar-refractivity contribution in [2.75, 3.05) is 33.3 Å². The minimum absolute atomic E-state index is 0.275. The monoisotopic (exact) mass is 228 g/mol. The molecule has 0 aliphatic heterocycles. The Hall–Kier alpha value is -0.830. The van der Waals surface area contributed by atoms with Crippen LogP contribution < -0.4 is 0 Å². The molecule has 0 fully saturated rings. The largest absolute Gasteiger partial charge is 0.462 e. The van der Waals surface area contributed by atoms with E-state index in [0.717, 1.165) is 37.0 Å². The van der Waals surface area contributed by atoms with Crippen molar-refractivity contribution < 1.29 is 14.0 Å². The van der Waals surface area contributed by atoms with Crippen LogP contribution in [-0.2, 0) is 9.53 Å². The van der Waals surface area contributed by atoms with E-state index in [1.165, 1.54) is 0 Å². The van der Waals surface area contributed by atoms with Crippen molar-refractivity contribution in [3.05, 3.63) is 12.2 Å². The molecule has 0 saturated carbocycles. The van der Waals surface area contributed by atoms with E-state index in [0.29, 0.717) is 12.2 Å². The summed E-state index contributed by atoms with van der Waals surface area (Å²) in [5.74, 6) is -0.275. The molecule has 0 radical (unpaired) electrons. The summed E-state index contributed by atoms with van der Waals surface area (Å²) in [5.41, 5.74) is 0.475. The van der Waals surface area contributed by atoms with E-state index >= 15 is 0 Å². The highest BCUT2D eigenvalue weighted by Crippen LogP contribution is 2.05. The molecule has 0 aromatic heterocycles. The van der Waals surface area contributed by atoms with Gasteiger partial charge in [-0.3, -0.25) is 0 Å². The standard InChI is InChI=1S/C13H26NO2/c1-6-14(5,7-2)10-8-9-11-16-13(15)12(3)4/h3,6-11H2,1-2,4-5H3/q+1. The number of rotatable bonds is 8. The van der Waals surface area contributed by atoms with Crippen LogP contribution in [0.15, 0.2) is 12.2 Å². The van der Waals surface area contributed by atoms with E-state index in [9.17, 15) is 4.79 Å². The minimum atomic E-state index is -0.275. The van der Waals surface area contributed by atoms with Crippen LogP contribution in [0.2, 0.25) is 0 Å². The summed E-state index contributed by atoms with van der Waals surface area (Å²) in [5, 5.41) is 0. The lowest BCUT2D eigenvalue weighted by Crippen LogP contribution is -2.44. The Morgan fingerprint density at radius 2 is 1.81 bits per heavy atom. The summed E-state index contributed by atoms with van der Waals surface area (Å²) < 4.78 is 6.13. The molecule has 0 spiro atoms.